The number of aliphatic hydroxyl groups excluding tert-OH is 1. The van der Waals surface area contributed by atoms with Gasteiger partial charge in [0.25, 0.3) is 0 Å². The number of carboxylic acid groups (broad SMARTS) is 1. The van der Waals surface area contributed by atoms with Gasteiger partial charge in [-0.3, -0.25) is 4.79 Å². The third kappa shape index (κ3) is 6.60. The third-order valence-electron chi connectivity index (χ3n) is 6.19. The lowest BCUT2D eigenvalue weighted by Crippen LogP contribution is -2.46. The van der Waals surface area contributed by atoms with Crippen LogP contribution in [0.1, 0.15) is 50.7 Å². The number of ether oxygens (including phenoxy) is 1. The molecule has 2 aromatic rings. The molecule has 0 aromatic heterocycles. The molecule has 2 unspecified atom stereocenters. The van der Waals surface area contributed by atoms with E-state index in [1.807, 2.05) is 57.2 Å². The molecule has 0 aliphatic heterocycles. The quantitative estimate of drug-likeness (QED) is 0.503. The number of rotatable bonds is 9. The molecule has 35 heavy (non-hydrogen) atoms. The first-order valence-electron chi connectivity index (χ1n) is 11.7. The van der Waals surface area contributed by atoms with E-state index in [9.17, 15) is 24.6 Å². The van der Waals surface area contributed by atoms with Gasteiger partial charge in [0.1, 0.15) is 12.6 Å². The lowest BCUT2D eigenvalue weighted by molar-refractivity contribution is -0.151. The third-order valence-corrected chi connectivity index (χ3v) is 6.19. The zero-order valence-corrected chi connectivity index (χ0v) is 20.7. The Bertz CT molecular complexity index is 1030. The number of carbonyl (C=O) groups excluding carboxylic acids is 2. The molecule has 0 spiro atoms. The van der Waals surface area contributed by atoms with E-state index in [1.165, 1.54) is 7.05 Å². The van der Waals surface area contributed by atoms with Gasteiger partial charge in [0.05, 0.1) is 12.5 Å². The van der Waals surface area contributed by atoms with Gasteiger partial charge in [0.15, 0.2) is 0 Å². The van der Waals surface area contributed by atoms with Crippen LogP contribution >= 0.6 is 0 Å². The number of nitrogens with one attached hydrogen (secondary N) is 1. The number of amides is 2. The Morgan fingerprint density at radius 1 is 1.03 bits per heavy atom. The van der Waals surface area contributed by atoms with Gasteiger partial charge in [-0.15, -0.1) is 0 Å². The topological polar surface area (TPSA) is 116 Å². The highest BCUT2D eigenvalue weighted by molar-refractivity contribution is 5.84. The number of carbonyl (C=O) groups is 3. The Labute approximate surface area is 205 Å². The van der Waals surface area contributed by atoms with Crippen molar-refractivity contribution in [2.24, 2.45) is 5.41 Å². The van der Waals surface area contributed by atoms with E-state index in [0.717, 1.165) is 27.2 Å². The van der Waals surface area contributed by atoms with Gasteiger partial charge in [-0.25, -0.2) is 9.59 Å². The first kappa shape index (κ1) is 26.2. The van der Waals surface area contributed by atoms with Crippen molar-refractivity contribution < 1.29 is 29.3 Å². The number of nitrogens with zero attached hydrogens (tertiary/aromatic N) is 1. The Hall–Kier alpha value is -3.39. The summed E-state index contributed by atoms with van der Waals surface area (Å²) in [5.74, 6) is -1.69. The molecule has 0 saturated carbocycles. The van der Waals surface area contributed by atoms with Crippen molar-refractivity contribution in [3.8, 4) is 11.1 Å². The maximum Gasteiger partial charge on any atom is 0.407 e. The maximum atomic E-state index is 12.5. The molecule has 2 aromatic carbocycles. The summed E-state index contributed by atoms with van der Waals surface area (Å²) in [6, 6.07) is 15.0. The van der Waals surface area contributed by atoms with E-state index < -0.39 is 30.1 Å². The normalized spacial score (nSPS) is 14.4. The highest BCUT2D eigenvalue weighted by Gasteiger charge is 2.32. The van der Waals surface area contributed by atoms with Crippen LogP contribution in [-0.2, 0) is 14.3 Å². The van der Waals surface area contributed by atoms with Crippen LogP contribution in [0.4, 0.5) is 4.79 Å². The van der Waals surface area contributed by atoms with E-state index in [2.05, 4.69) is 17.4 Å². The lowest BCUT2D eigenvalue weighted by Gasteiger charge is -2.30. The molecular formula is C27H34N2O6. The monoisotopic (exact) mass is 482 g/mol. The van der Waals surface area contributed by atoms with Crippen LogP contribution in [0.15, 0.2) is 48.5 Å². The number of fused-ring (bicyclic) bond motifs is 3. The van der Waals surface area contributed by atoms with Crippen molar-refractivity contribution >= 4 is 18.0 Å². The summed E-state index contributed by atoms with van der Waals surface area (Å²) < 4.78 is 5.43. The summed E-state index contributed by atoms with van der Waals surface area (Å²) in [6.45, 7) is 5.65. The minimum Gasteiger partial charge on any atom is -0.480 e. The van der Waals surface area contributed by atoms with E-state index in [-0.39, 0.29) is 37.3 Å². The van der Waals surface area contributed by atoms with Gasteiger partial charge in [-0.1, -0.05) is 69.3 Å². The van der Waals surface area contributed by atoms with Crippen LogP contribution in [-0.4, -0.2) is 65.4 Å². The first-order chi connectivity index (χ1) is 16.5. The molecule has 0 fully saturated rings. The Kier molecular flexibility index (Phi) is 8.17. The van der Waals surface area contributed by atoms with Gasteiger partial charge in [0.2, 0.25) is 5.91 Å². The molecule has 1 aliphatic rings. The molecule has 1 aliphatic carbocycles. The number of likely N-dealkylation sites (N-methyl/N-ethyl adjacent to an activating group) is 1. The van der Waals surface area contributed by atoms with Gasteiger partial charge >= 0.3 is 12.1 Å². The van der Waals surface area contributed by atoms with Gasteiger partial charge in [0, 0.05) is 19.5 Å². The van der Waals surface area contributed by atoms with Gasteiger partial charge in [-0.05, 0) is 34.1 Å². The van der Waals surface area contributed by atoms with Crippen LogP contribution in [0.3, 0.4) is 0 Å². The fourth-order valence-corrected chi connectivity index (χ4v) is 4.41. The molecule has 2 amide bonds. The highest BCUT2D eigenvalue weighted by Crippen LogP contribution is 2.44. The van der Waals surface area contributed by atoms with Crippen LogP contribution in [0.25, 0.3) is 11.1 Å². The predicted octanol–water partition coefficient (Wildman–Crippen LogP) is 3.62. The summed E-state index contributed by atoms with van der Waals surface area (Å²) in [6.07, 6.45) is -1.90. The van der Waals surface area contributed by atoms with Crippen LogP contribution in [0.2, 0.25) is 0 Å². The maximum absolute atomic E-state index is 12.5. The fourth-order valence-electron chi connectivity index (χ4n) is 4.41. The zero-order valence-electron chi connectivity index (χ0n) is 20.7. The highest BCUT2D eigenvalue weighted by atomic mass is 16.5. The van der Waals surface area contributed by atoms with Crippen molar-refractivity contribution in [2.45, 2.75) is 51.7 Å². The summed E-state index contributed by atoms with van der Waals surface area (Å²) in [4.78, 5) is 37.6. The van der Waals surface area contributed by atoms with Crippen LogP contribution in [0.5, 0.6) is 0 Å². The van der Waals surface area contributed by atoms with Crippen molar-refractivity contribution in [1.29, 1.82) is 0 Å². The number of carboxylic acids is 1. The van der Waals surface area contributed by atoms with E-state index in [4.69, 9.17) is 4.74 Å². The molecule has 0 saturated heterocycles. The van der Waals surface area contributed by atoms with E-state index in [0.29, 0.717) is 0 Å². The standard InChI is InChI=1S/C27H34N2O6/c1-27(2,3)14-23(25(32)33)29(4)24(31)13-17(30)15-28-26(34)35-16-22-20-11-7-5-9-18(20)19-10-6-8-12-21(19)22/h5-12,17,22-23,30H,13-16H2,1-4H3,(H,28,34)(H,32,33). The number of aliphatic hydroxyl groups is 1. The number of benzene rings is 2. The molecule has 2 atom stereocenters. The van der Waals surface area contributed by atoms with Crippen molar-refractivity contribution in [1.82, 2.24) is 10.2 Å². The second-order valence-corrected chi connectivity index (χ2v) is 10.2. The van der Waals surface area contributed by atoms with Crippen molar-refractivity contribution in [3.05, 3.63) is 59.7 Å². The first-order valence-corrected chi connectivity index (χ1v) is 11.7. The summed E-state index contributed by atoms with van der Waals surface area (Å²) in [5, 5.41) is 22.2. The van der Waals surface area contributed by atoms with E-state index in [1.54, 1.807) is 0 Å². The second kappa shape index (κ2) is 10.9. The zero-order chi connectivity index (χ0) is 25.8. The number of alkyl carbamates (subject to hydrolysis) is 1. The molecule has 8 nitrogen and oxygen atoms in total. The fraction of sp³-hybridized carbons (Fsp3) is 0.444. The second-order valence-electron chi connectivity index (χ2n) is 10.2. The molecule has 0 radical (unpaired) electrons. The average Bonchev–Trinajstić information content (AvgIpc) is 3.12. The minimum absolute atomic E-state index is 0.0796. The molecule has 0 heterocycles. The molecular weight excluding hydrogens is 448 g/mol. The van der Waals surface area contributed by atoms with Crippen LogP contribution in [0, 0.1) is 5.41 Å². The Morgan fingerprint density at radius 2 is 1.57 bits per heavy atom. The minimum atomic E-state index is -1.17. The summed E-state index contributed by atoms with van der Waals surface area (Å²) in [5.41, 5.74) is 4.15. The van der Waals surface area contributed by atoms with Gasteiger partial charge < -0.3 is 25.2 Å². The SMILES string of the molecule is CN(C(=O)CC(O)CNC(=O)OCC1c2ccccc2-c2ccccc21)C(CC(C)(C)C)C(=O)O. The smallest absolute Gasteiger partial charge is 0.407 e. The molecule has 188 valence electrons. The molecule has 8 heteroatoms. The predicted molar refractivity (Wildman–Crippen MR) is 132 cm³/mol. The van der Waals surface area contributed by atoms with Crippen molar-refractivity contribution in [3.63, 3.8) is 0 Å². The largest absolute Gasteiger partial charge is 0.480 e. The van der Waals surface area contributed by atoms with E-state index >= 15 is 0 Å². The van der Waals surface area contributed by atoms with Crippen LogP contribution < -0.4 is 5.32 Å². The number of aliphatic carboxylic acids is 1. The van der Waals surface area contributed by atoms with Crippen molar-refractivity contribution in [2.75, 3.05) is 20.2 Å². The lowest BCUT2D eigenvalue weighted by atomic mass is 9.87. The molecule has 3 rings (SSSR count). The van der Waals surface area contributed by atoms with Gasteiger partial charge in [-0.2, -0.15) is 0 Å². The summed E-state index contributed by atoms with van der Waals surface area (Å²) >= 11 is 0. The Morgan fingerprint density at radius 3 is 2.09 bits per heavy atom. The molecule has 3 N–H and O–H groups in total. The Balaban J connectivity index is 1.49. The molecule has 0 bridgehead atoms. The number of hydrogen-bond donors (Lipinski definition) is 3. The average molecular weight is 483 g/mol. The summed E-state index contributed by atoms with van der Waals surface area (Å²) in [7, 11) is 1.42. The number of hydrogen-bond acceptors (Lipinski definition) is 5.